The zero-order valence-corrected chi connectivity index (χ0v) is 13.5. The molecule has 0 aliphatic rings. The van der Waals surface area contributed by atoms with Crippen molar-refractivity contribution in [1.29, 1.82) is 0 Å². The van der Waals surface area contributed by atoms with Crippen LogP contribution in [0.15, 0.2) is 16.9 Å². The number of carbonyl (C=O) groups is 1. The number of fused-ring (bicyclic) bond motifs is 1. The first kappa shape index (κ1) is 16.3. The number of pyridine rings is 1. The van der Waals surface area contributed by atoms with Gasteiger partial charge >= 0.3 is 5.97 Å². The van der Waals surface area contributed by atoms with Crippen LogP contribution in [0, 0.1) is 0 Å². The number of aryl methyl sites for hydroxylation is 2. The van der Waals surface area contributed by atoms with Gasteiger partial charge in [-0.2, -0.15) is 0 Å². The first-order valence-corrected chi connectivity index (χ1v) is 7.97. The zero-order chi connectivity index (χ0) is 16.3. The van der Waals surface area contributed by atoms with Gasteiger partial charge in [0.05, 0.1) is 5.52 Å². The predicted molar refractivity (Wildman–Crippen MR) is 88.9 cm³/mol. The number of H-pyrrole nitrogens is 1. The molecule has 4 nitrogen and oxygen atoms in total. The second-order valence-corrected chi connectivity index (χ2v) is 5.64. The minimum absolute atomic E-state index is 0.0392. The molecular weight excluding hydrogens is 278 g/mol. The Morgan fingerprint density at radius 1 is 1.14 bits per heavy atom. The standard InChI is InChI=1S/C18H23NO3/c1-4-7-11-9-12(6-3)15-14(10-11)17(20)13(8-5-2)16(19-15)18(21)22/h9-10H,4-8H2,1-3H3,(H,19,20)(H,21,22). The Hall–Kier alpha value is -2.10. The summed E-state index contributed by atoms with van der Waals surface area (Å²) in [4.78, 5) is 27.3. The van der Waals surface area contributed by atoms with Gasteiger partial charge in [0.15, 0.2) is 5.43 Å². The lowest BCUT2D eigenvalue weighted by atomic mass is 9.97. The van der Waals surface area contributed by atoms with E-state index in [-0.39, 0.29) is 11.1 Å². The van der Waals surface area contributed by atoms with Crippen LogP contribution < -0.4 is 5.43 Å². The van der Waals surface area contributed by atoms with Gasteiger partial charge in [-0.3, -0.25) is 4.79 Å². The van der Waals surface area contributed by atoms with Crippen molar-refractivity contribution in [2.75, 3.05) is 0 Å². The van der Waals surface area contributed by atoms with Gasteiger partial charge in [-0.05, 0) is 36.5 Å². The molecule has 0 spiro atoms. The average molecular weight is 301 g/mol. The molecule has 0 bridgehead atoms. The van der Waals surface area contributed by atoms with Crippen molar-refractivity contribution in [3.05, 3.63) is 44.7 Å². The van der Waals surface area contributed by atoms with Gasteiger partial charge in [-0.25, -0.2) is 4.79 Å². The summed E-state index contributed by atoms with van der Waals surface area (Å²) < 4.78 is 0. The maximum Gasteiger partial charge on any atom is 0.352 e. The van der Waals surface area contributed by atoms with Crippen LogP contribution in [0.3, 0.4) is 0 Å². The van der Waals surface area contributed by atoms with Crippen molar-refractivity contribution in [2.45, 2.75) is 52.9 Å². The van der Waals surface area contributed by atoms with E-state index in [0.717, 1.165) is 36.8 Å². The van der Waals surface area contributed by atoms with Crippen LogP contribution in [0.4, 0.5) is 0 Å². The minimum atomic E-state index is -1.07. The fourth-order valence-corrected chi connectivity index (χ4v) is 2.95. The zero-order valence-electron chi connectivity index (χ0n) is 13.5. The van der Waals surface area contributed by atoms with Crippen molar-refractivity contribution in [3.63, 3.8) is 0 Å². The normalized spacial score (nSPS) is 11.0. The molecule has 0 aliphatic heterocycles. The van der Waals surface area contributed by atoms with Crippen LogP contribution in [-0.4, -0.2) is 16.1 Å². The second-order valence-electron chi connectivity index (χ2n) is 5.64. The Morgan fingerprint density at radius 3 is 2.36 bits per heavy atom. The van der Waals surface area contributed by atoms with Crippen LogP contribution in [0.25, 0.3) is 10.9 Å². The summed E-state index contributed by atoms with van der Waals surface area (Å²) in [5, 5.41) is 10.0. The van der Waals surface area contributed by atoms with Crippen molar-refractivity contribution in [2.24, 2.45) is 0 Å². The Kier molecular flexibility index (Phi) is 5.01. The quantitative estimate of drug-likeness (QED) is 0.854. The van der Waals surface area contributed by atoms with Gasteiger partial charge in [0, 0.05) is 10.9 Å². The Balaban J connectivity index is 2.86. The van der Waals surface area contributed by atoms with Gasteiger partial charge in [0.2, 0.25) is 0 Å². The molecule has 1 aromatic heterocycles. The van der Waals surface area contributed by atoms with Gasteiger partial charge in [-0.15, -0.1) is 0 Å². The molecule has 0 radical (unpaired) electrons. The highest BCUT2D eigenvalue weighted by atomic mass is 16.4. The molecule has 4 heteroatoms. The van der Waals surface area contributed by atoms with Crippen molar-refractivity contribution in [1.82, 2.24) is 4.98 Å². The molecule has 0 unspecified atom stereocenters. The first-order valence-electron chi connectivity index (χ1n) is 7.97. The van der Waals surface area contributed by atoms with Crippen molar-refractivity contribution < 1.29 is 9.90 Å². The average Bonchev–Trinajstić information content (AvgIpc) is 2.49. The number of aromatic nitrogens is 1. The fourth-order valence-electron chi connectivity index (χ4n) is 2.95. The molecule has 2 N–H and O–H groups in total. The highest BCUT2D eigenvalue weighted by Gasteiger charge is 2.18. The number of aromatic carboxylic acids is 1. The van der Waals surface area contributed by atoms with Gasteiger partial charge < -0.3 is 10.1 Å². The first-order chi connectivity index (χ1) is 10.5. The Morgan fingerprint density at radius 2 is 1.82 bits per heavy atom. The predicted octanol–water partition coefficient (Wildman–Crippen LogP) is 3.69. The molecule has 0 saturated heterocycles. The summed E-state index contributed by atoms with van der Waals surface area (Å²) in [6.45, 7) is 6.07. The topological polar surface area (TPSA) is 70.2 Å². The lowest BCUT2D eigenvalue weighted by molar-refractivity contribution is 0.0689. The monoisotopic (exact) mass is 301 g/mol. The van der Waals surface area contributed by atoms with Gasteiger partial charge in [-0.1, -0.05) is 39.7 Å². The molecule has 0 aliphatic carbocycles. The third kappa shape index (κ3) is 2.91. The number of aromatic amines is 1. The van der Waals surface area contributed by atoms with Gasteiger partial charge in [0.25, 0.3) is 0 Å². The van der Waals surface area contributed by atoms with E-state index >= 15 is 0 Å². The largest absolute Gasteiger partial charge is 0.477 e. The molecule has 1 aromatic carbocycles. The van der Waals surface area contributed by atoms with E-state index < -0.39 is 5.97 Å². The molecule has 0 atom stereocenters. The number of carboxylic acids is 1. The Labute approximate surface area is 130 Å². The van der Waals surface area contributed by atoms with E-state index in [0.29, 0.717) is 22.9 Å². The molecule has 0 fully saturated rings. The fraction of sp³-hybridized carbons (Fsp3) is 0.444. The van der Waals surface area contributed by atoms with Crippen LogP contribution >= 0.6 is 0 Å². The molecule has 118 valence electrons. The third-order valence-corrected chi connectivity index (χ3v) is 3.98. The SMILES string of the molecule is CCCc1cc(CC)c2[nH]c(C(=O)O)c(CCC)c(=O)c2c1. The highest BCUT2D eigenvalue weighted by molar-refractivity contribution is 5.92. The van der Waals surface area contributed by atoms with Crippen LogP contribution in [0.2, 0.25) is 0 Å². The molecular formula is C18H23NO3. The maximum absolute atomic E-state index is 12.8. The second kappa shape index (κ2) is 6.77. The number of carboxylic acid groups (broad SMARTS) is 1. The van der Waals surface area contributed by atoms with E-state index in [1.165, 1.54) is 0 Å². The summed E-state index contributed by atoms with van der Waals surface area (Å²) in [5.41, 5.74) is 3.10. The molecule has 0 amide bonds. The summed E-state index contributed by atoms with van der Waals surface area (Å²) in [7, 11) is 0. The van der Waals surface area contributed by atoms with E-state index in [4.69, 9.17) is 0 Å². The van der Waals surface area contributed by atoms with Crippen LogP contribution in [0.5, 0.6) is 0 Å². The van der Waals surface area contributed by atoms with Crippen molar-refractivity contribution in [3.8, 4) is 0 Å². The molecule has 22 heavy (non-hydrogen) atoms. The van der Waals surface area contributed by atoms with E-state index in [1.54, 1.807) is 0 Å². The lowest BCUT2D eigenvalue weighted by Crippen LogP contribution is -2.19. The summed E-state index contributed by atoms with van der Waals surface area (Å²) >= 11 is 0. The maximum atomic E-state index is 12.8. The van der Waals surface area contributed by atoms with Crippen LogP contribution in [-0.2, 0) is 19.3 Å². The van der Waals surface area contributed by atoms with E-state index in [2.05, 4.69) is 18.0 Å². The van der Waals surface area contributed by atoms with E-state index in [9.17, 15) is 14.7 Å². The minimum Gasteiger partial charge on any atom is -0.477 e. The molecule has 2 aromatic rings. The number of benzene rings is 1. The van der Waals surface area contributed by atoms with Crippen LogP contribution in [0.1, 0.15) is 60.8 Å². The molecule has 2 rings (SSSR count). The van der Waals surface area contributed by atoms with Gasteiger partial charge in [0.1, 0.15) is 5.69 Å². The van der Waals surface area contributed by atoms with Crippen molar-refractivity contribution >= 4 is 16.9 Å². The number of nitrogens with one attached hydrogen (secondary N) is 1. The van der Waals surface area contributed by atoms with E-state index in [1.807, 2.05) is 19.9 Å². The number of hydrogen-bond acceptors (Lipinski definition) is 2. The highest BCUT2D eigenvalue weighted by Crippen LogP contribution is 2.21. The lowest BCUT2D eigenvalue weighted by Gasteiger charge is -2.12. The molecule has 0 saturated carbocycles. The summed E-state index contributed by atoms with van der Waals surface area (Å²) in [6, 6.07) is 3.99. The number of hydrogen-bond donors (Lipinski definition) is 2. The summed E-state index contributed by atoms with van der Waals surface area (Å²) in [6.07, 6.45) is 3.92. The number of rotatable bonds is 6. The Bertz CT molecular complexity index is 759. The third-order valence-electron chi connectivity index (χ3n) is 3.98. The smallest absolute Gasteiger partial charge is 0.352 e. The summed E-state index contributed by atoms with van der Waals surface area (Å²) in [5.74, 6) is -1.07. The molecule has 1 heterocycles.